The molecule has 0 atom stereocenters. The minimum atomic E-state index is -3.76. The maximum atomic E-state index is 16.2. The second-order valence-corrected chi connectivity index (χ2v) is 19.9. The van der Waals surface area contributed by atoms with Crippen LogP contribution in [0.3, 0.4) is 0 Å². The molecule has 0 unspecified atom stereocenters. The lowest BCUT2D eigenvalue weighted by atomic mass is 10.2. The number of anilines is 1. The highest BCUT2D eigenvalue weighted by molar-refractivity contribution is 7.96. The quantitative estimate of drug-likeness (QED) is 0.0527. The molecule has 7 nitrogen and oxygen atoms in total. The molecule has 0 amide bonds. The summed E-state index contributed by atoms with van der Waals surface area (Å²) in [5, 5.41) is 5.97. The maximum Gasteiger partial charge on any atom is 0.500 e. The maximum absolute atomic E-state index is 16.2. The molecule has 0 aliphatic carbocycles. The molecular formula is C40H48N2O5P2Si. The summed E-state index contributed by atoms with van der Waals surface area (Å²) in [4.78, 5) is 0. The van der Waals surface area contributed by atoms with E-state index in [4.69, 9.17) is 13.3 Å². The first kappa shape index (κ1) is 37.7. The molecule has 10 heteroatoms. The van der Waals surface area contributed by atoms with Crippen molar-refractivity contribution >= 4 is 50.3 Å². The summed E-state index contributed by atoms with van der Waals surface area (Å²) in [6.07, 6.45) is 0.854. The van der Waals surface area contributed by atoms with Gasteiger partial charge < -0.3 is 18.6 Å². The summed E-state index contributed by atoms with van der Waals surface area (Å²) >= 11 is 0. The van der Waals surface area contributed by atoms with Gasteiger partial charge in [-0.05, 0) is 100.0 Å². The first-order valence-corrected chi connectivity index (χ1v) is 22.6. The molecule has 0 heterocycles. The predicted molar refractivity (Wildman–Crippen MR) is 210 cm³/mol. The molecule has 5 aromatic rings. The zero-order valence-corrected chi connectivity index (χ0v) is 32.0. The zero-order valence-electron chi connectivity index (χ0n) is 29.2. The molecule has 0 spiro atoms. The van der Waals surface area contributed by atoms with Crippen LogP contribution in [0.15, 0.2) is 146 Å². The van der Waals surface area contributed by atoms with E-state index < -0.39 is 23.4 Å². The van der Waals surface area contributed by atoms with Gasteiger partial charge in [-0.1, -0.05) is 84.9 Å². The number of nitrogens with zero attached hydrogens (tertiary/aromatic N) is 1. The van der Waals surface area contributed by atoms with Crippen molar-refractivity contribution < 1.29 is 22.4 Å². The number of hydrogen-bond donors (Lipinski definition) is 1. The third kappa shape index (κ3) is 8.47. The van der Waals surface area contributed by atoms with Crippen molar-refractivity contribution in [2.24, 2.45) is 0 Å². The predicted octanol–water partition coefficient (Wildman–Crippen LogP) is 7.88. The molecule has 0 aliphatic rings. The summed E-state index contributed by atoms with van der Waals surface area (Å²) in [6, 6.07) is 46.4. The van der Waals surface area contributed by atoms with Gasteiger partial charge in [-0.3, -0.25) is 13.6 Å². The van der Waals surface area contributed by atoms with Crippen molar-refractivity contribution in [2.45, 2.75) is 39.8 Å². The van der Waals surface area contributed by atoms with Crippen LogP contribution in [0, 0.1) is 0 Å². The Morgan fingerprint density at radius 3 is 1.24 bits per heavy atom. The Labute approximate surface area is 298 Å². The fourth-order valence-electron chi connectivity index (χ4n) is 6.17. The van der Waals surface area contributed by atoms with E-state index in [-0.39, 0.29) is 0 Å². The molecule has 262 valence electrons. The van der Waals surface area contributed by atoms with E-state index in [0.717, 1.165) is 24.6 Å². The number of nitrogens with one attached hydrogen (secondary N) is 1. The van der Waals surface area contributed by atoms with Gasteiger partial charge in [0.25, 0.3) is 0 Å². The molecular weight excluding hydrogens is 678 g/mol. The minimum absolute atomic E-state index is 0.561. The molecule has 0 saturated carbocycles. The van der Waals surface area contributed by atoms with E-state index in [2.05, 4.69) is 5.32 Å². The molecule has 0 aliphatic heterocycles. The van der Waals surface area contributed by atoms with Crippen LogP contribution < -0.4 is 31.0 Å². The van der Waals surface area contributed by atoms with Crippen molar-refractivity contribution in [1.29, 1.82) is 0 Å². The fraction of sp³-hybridized carbons (Fsp3) is 0.250. The minimum Gasteiger partial charge on any atom is -0.374 e. The van der Waals surface area contributed by atoms with E-state index >= 15 is 9.13 Å². The van der Waals surface area contributed by atoms with Crippen LogP contribution in [0.4, 0.5) is 5.69 Å². The average Bonchev–Trinajstić information content (AvgIpc) is 3.17. The Kier molecular flexibility index (Phi) is 13.6. The lowest BCUT2D eigenvalue weighted by Gasteiger charge is -2.40. The van der Waals surface area contributed by atoms with Gasteiger partial charge in [-0.25, -0.2) is 0 Å². The van der Waals surface area contributed by atoms with E-state index in [0.29, 0.717) is 53.3 Å². The van der Waals surface area contributed by atoms with E-state index in [1.54, 1.807) is 4.44 Å². The molecule has 50 heavy (non-hydrogen) atoms. The Balaban J connectivity index is 1.53. The van der Waals surface area contributed by atoms with Crippen LogP contribution in [0.1, 0.15) is 32.8 Å². The Morgan fingerprint density at radius 1 is 0.540 bits per heavy atom. The van der Waals surface area contributed by atoms with Crippen LogP contribution in [0.5, 0.6) is 0 Å². The van der Waals surface area contributed by atoms with Crippen molar-refractivity contribution in [2.75, 3.05) is 30.8 Å². The third-order valence-electron chi connectivity index (χ3n) is 8.38. The summed E-state index contributed by atoms with van der Waals surface area (Å²) in [5.74, 6) is 0. The molecule has 0 bridgehead atoms. The van der Waals surface area contributed by atoms with Crippen molar-refractivity contribution in [3.63, 3.8) is 0 Å². The van der Waals surface area contributed by atoms with Gasteiger partial charge in [-0.15, -0.1) is 0 Å². The van der Waals surface area contributed by atoms with Crippen LogP contribution in [-0.4, -0.2) is 35.2 Å². The van der Waals surface area contributed by atoms with Gasteiger partial charge in [0.15, 0.2) is 0 Å². The molecule has 0 fully saturated rings. The zero-order chi connectivity index (χ0) is 35.3. The first-order chi connectivity index (χ1) is 24.4. The van der Waals surface area contributed by atoms with Crippen LogP contribution >= 0.6 is 14.6 Å². The largest absolute Gasteiger partial charge is 0.500 e. The molecule has 0 radical (unpaired) electrons. The van der Waals surface area contributed by atoms with Gasteiger partial charge in [0, 0.05) is 53.6 Å². The third-order valence-corrected chi connectivity index (χ3v) is 18.6. The lowest BCUT2D eigenvalue weighted by molar-refractivity contribution is 0.0708. The van der Waals surface area contributed by atoms with Gasteiger partial charge in [-0.2, -0.15) is 0 Å². The normalized spacial score (nSPS) is 12.1. The number of benzene rings is 5. The van der Waals surface area contributed by atoms with Gasteiger partial charge in [0.1, 0.15) is 0 Å². The monoisotopic (exact) mass is 726 g/mol. The fourth-order valence-corrected chi connectivity index (χ4v) is 16.1. The number of rotatable bonds is 19. The number of hydrogen-bond acceptors (Lipinski definition) is 6. The summed E-state index contributed by atoms with van der Waals surface area (Å²) in [7, 11) is -10.2. The lowest BCUT2D eigenvalue weighted by Crippen LogP contribution is -2.46. The highest BCUT2D eigenvalue weighted by atomic mass is 31.2. The topological polar surface area (TPSA) is 77.1 Å². The molecule has 5 aromatic carbocycles. The summed E-state index contributed by atoms with van der Waals surface area (Å²) in [6.45, 7) is 9.00. The van der Waals surface area contributed by atoms with Crippen LogP contribution in [0.2, 0.25) is 6.04 Å². The highest BCUT2D eigenvalue weighted by Gasteiger charge is 2.47. The summed E-state index contributed by atoms with van der Waals surface area (Å²) in [5.41, 5.74) is 1.67. The average molecular weight is 727 g/mol. The SMILES string of the molecule is CCO[Si](CCCNCc1ccc(N(P(=O)(c2ccccc2)c2ccccc2)P(=O)(c2ccccc2)c2ccccc2)cc1)(OCC)OCC. The van der Waals surface area contributed by atoms with Crippen molar-refractivity contribution in [1.82, 2.24) is 5.32 Å². The van der Waals surface area contributed by atoms with Crippen LogP contribution in [0.25, 0.3) is 0 Å². The Bertz CT molecular complexity index is 1630. The Hall–Kier alpha value is -3.58. The highest BCUT2D eigenvalue weighted by Crippen LogP contribution is 2.65. The summed E-state index contributed by atoms with van der Waals surface area (Å²) < 4.78 is 52.1. The standard InChI is InChI=1S/C40H48N2O5P2Si/c1-4-45-50(46-5-2,47-6-3)33-19-32-41-34-35-28-30-36(31-29-35)42(48(43,37-20-11-7-12-21-37)38-22-13-8-14-23-38)49(44,39-24-15-9-16-25-39)40-26-17-10-18-27-40/h7-18,20-31,41H,4-6,19,32-34H2,1-3H3. The van der Waals surface area contributed by atoms with E-state index in [1.807, 2.05) is 166 Å². The molecule has 1 N–H and O–H groups in total. The van der Waals surface area contributed by atoms with Gasteiger partial charge in [0.2, 0.25) is 14.6 Å². The molecule has 5 rings (SSSR count). The second-order valence-electron chi connectivity index (χ2n) is 11.7. The smallest absolute Gasteiger partial charge is 0.374 e. The van der Waals surface area contributed by atoms with Crippen molar-refractivity contribution in [3.8, 4) is 0 Å². The van der Waals surface area contributed by atoms with Gasteiger partial charge in [0.05, 0.1) is 5.69 Å². The van der Waals surface area contributed by atoms with E-state index in [9.17, 15) is 0 Å². The van der Waals surface area contributed by atoms with Crippen LogP contribution in [-0.2, 0) is 29.0 Å². The van der Waals surface area contributed by atoms with E-state index in [1.165, 1.54) is 0 Å². The molecule has 0 saturated heterocycles. The molecule has 0 aromatic heterocycles. The first-order valence-electron chi connectivity index (χ1n) is 17.4. The van der Waals surface area contributed by atoms with Crippen molar-refractivity contribution in [3.05, 3.63) is 151 Å². The second kappa shape index (κ2) is 18.1. The Morgan fingerprint density at radius 2 is 0.900 bits per heavy atom. The van der Waals surface area contributed by atoms with Gasteiger partial charge >= 0.3 is 8.80 Å².